The number of rotatable bonds is 0. The van der Waals surface area contributed by atoms with Crippen molar-refractivity contribution in [3.63, 3.8) is 0 Å². The molecule has 5 heteroatoms. The van der Waals surface area contributed by atoms with E-state index in [2.05, 4.69) is 0 Å². The van der Waals surface area contributed by atoms with Gasteiger partial charge in [-0.15, -0.1) is 0 Å². The van der Waals surface area contributed by atoms with Gasteiger partial charge in [0.1, 0.15) is 0 Å². The summed E-state index contributed by atoms with van der Waals surface area (Å²) in [4.78, 5) is 0. The summed E-state index contributed by atoms with van der Waals surface area (Å²) in [5.41, 5.74) is 0. The van der Waals surface area contributed by atoms with E-state index >= 15 is 0 Å². The van der Waals surface area contributed by atoms with Crippen LogP contribution in [-0.4, -0.2) is 0 Å². The molecule has 0 aromatic carbocycles. The highest BCUT2D eigenvalue weighted by Crippen LogP contribution is -2.99. The first-order valence-electron chi connectivity index (χ1n) is 0. The van der Waals surface area contributed by atoms with E-state index in [0.29, 0.717) is 0 Å². The van der Waals surface area contributed by atoms with Crippen molar-refractivity contribution in [2.24, 2.45) is 0 Å². The average molecular weight is 95.0 g/mol. The minimum Gasteiger partial charge on any atom is -1.00 e. The lowest BCUT2D eigenvalue weighted by Gasteiger charge is -1.00. The molecule has 40 valence electrons. The number of hydrogen-bond acceptors (Lipinski definition) is 0. The van der Waals surface area contributed by atoms with Crippen molar-refractivity contribution in [2.75, 3.05) is 0 Å². The van der Waals surface area contributed by atoms with Gasteiger partial charge in [-0.25, -0.2) is 0 Å². The first kappa shape index (κ1) is 506. The highest BCUT2D eigenvalue weighted by atomic mass is 19.0. The molecule has 5 heavy (non-hydrogen) atoms. The van der Waals surface area contributed by atoms with Gasteiger partial charge in [0.15, 0.2) is 0 Å². The van der Waals surface area contributed by atoms with Crippen LogP contribution in [0.5, 0.6) is 0 Å². The highest BCUT2D eigenvalue weighted by Gasteiger charge is -0.996. The Morgan fingerprint density at radius 3 is 0.200 bits per heavy atom. The van der Waals surface area contributed by atoms with Gasteiger partial charge in [0.2, 0.25) is 0 Å². The van der Waals surface area contributed by atoms with Gasteiger partial charge < -0.3 is 23.5 Å². The molecule has 0 amide bonds. The first-order valence-corrected chi connectivity index (χ1v) is 0. The van der Waals surface area contributed by atoms with Crippen LogP contribution in [0.4, 0.5) is 0 Å². The van der Waals surface area contributed by atoms with Gasteiger partial charge in [0.05, 0.1) is 0 Å². The summed E-state index contributed by atoms with van der Waals surface area (Å²) in [6.07, 6.45) is 0. The maximum atomic E-state index is 0. The third-order valence-electron chi connectivity index (χ3n) is 0. The third kappa shape index (κ3) is 81.1. The molecule has 0 nitrogen and oxygen atoms in total. The molecule has 0 atom stereocenters. The molecule has 0 saturated heterocycles. The van der Waals surface area contributed by atoms with Crippen LogP contribution >= 0.6 is 0 Å². The zero-order valence-corrected chi connectivity index (χ0v) is 1.89. The summed E-state index contributed by atoms with van der Waals surface area (Å²) >= 11 is 0. The van der Waals surface area contributed by atoms with Crippen LogP contribution in [0.25, 0.3) is 0 Å². The van der Waals surface area contributed by atoms with Gasteiger partial charge >= 0.3 is 0 Å². The Morgan fingerprint density at radius 1 is 0.200 bits per heavy atom. The van der Waals surface area contributed by atoms with Crippen LogP contribution < -0.4 is 23.5 Å². The van der Waals surface area contributed by atoms with Crippen LogP contribution in [-0.2, 0) is 0 Å². The van der Waals surface area contributed by atoms with Crippen molar-refractivity contribution in [3.8, 4) is 0 Å². The maximum absolute atomic E-state index is 0. The SMILES string of the molecule is [F-].[F-].[F-].[F-].[F-]. The second-order valence-electron chi connectivity index (χ2n) is 0. The van der Waals surface area contributed by atoms with E-state index in [-0.39, 0.29) is 23.5 Å². The molecule has 0 aliphatic rings. The lowest BCUT2D eigenvalue weighted by atomic mass is 19.0. The van der Waals surface area contributed by atoms with Crippen LogP contribution in [0, 0.1) is 0 Å². The van der Waals surface area contributed by atoms with Crippen molar-refractivity contribution in [1.29, 1.82) is 0 Å². The zero-order chi connectivity index (χ0) is 0. The molecule has 0 bridgehead atoms. The first-order chi connectivity index (χ1) is 0. The fourth-order valence-corrected chi connectivity index (χ4v) is 0. The van der Waals surface area contributed by atoms with Crippen LogP contribution in [0.1, 0.15) is 0 Å². The maximum Gasteiger partial charge on any atom is -1.00 e. The predicted molar refractivity (Wildman–Crippen MR) is 0 cm³/mol. The Bertz CT molecular complexity index is 0. The summed E-state index contributed by atoms with van der Waals surface area (Å²) in [7, 11) is 0. The fraction of sp³-hybridized carbons (Fsp3) is 0. The Morgan fingerprint density at radius 2 is 0.200 bits per heavy atom. The van der Waals surface area contributed by atoms with E-state index in [1.807, 2.05) is 0 Å². The molecule has 0 fully saturated rings. The number of halogens is 5. The largest absolute Gasteiger partial charge is 1.00 e. The van der Waals surface area contributed by atoms with Crippen molar-refractivity contribution >= 4 is 0 Å². The molecule has 0 aliphatic heterocycles. The van der Waals surface area contributed by atoms with E-state index in [1.54, 1.807) is 0 Å². The third-order valence-corrected chi connectivity index (χ3v) is 0. The molecule has 0 rings (SSSR count). The van der Waals surface area contributed by atoms with E-state index in [0.717, 1.165) is 0 Å². The Kier molecular flexibility index (Phi) is 21200. The lowest BCUT2D eigenvalue weighted by molar-refractivity contribution is -0.00100. The smallest absolute Gasteiger partial charge is 1.00 e. The Hall–Kier alpha value is -0.350. The Labute approximate surface area is 25.0 Å². The van der Waals surface area contributed by atoms with Gasteiger partial charge in [-0.3, -0.25) is 0 Å². The van der Waals surface area contributed by atoms with Crippen molar-refractivity contribution in [2.45, 2.75) is 0 Å². The molecule has 0 N–H and O–H groups in total. The van der Waals surface area contributed by atoms with Crippen molar-refractivity contribution < 1.29 is 23.5 Å². The van der Waals surface area contributed by atoms with Crippen LogP contribution in [0.3, 0.4) is 0 Å². The zero-order valence-electron chi connectivity index (χ0n) is 1.89. The van der Waals surface area contributed by atoms with Gasteiger partial charge in [-0.05, 0) is 0 Å². The minimum absolute atomic E-state index is 0. The van der Waals surface area contributed by atoms with Gasteiger partial charge in [-0.2, -0.15) is 0 Å². The normalized spacial score (nSPS) is 0. The van der Waals surface area contributed by atoms with Crippen molar-refractivity contribution in [1.82, 2.24) is 0 Å². The molecule has 0 radical (unpaired) electrons. The summed E-state index contributed by atoms with van der Waals surface area (Å²) in [5.74, 6) is 0. The summed E-state index contributed by atoms with van der Waals surface area (Å²) < 4.78 is 0. The predicted octanol–water partition coefficient (Wildman–Crippen LogP) is -15.0. The summed E-state index contributed by atoms with van der Waals surface area (Å²) in [5, 5.41) is 0. The topological polar surface area (TPSA) is 0 Å². The van der Waals surface area contributed by atoms with Gasteiger partial charge in [0.25, 0.3) is 0 Å². The Balaban J connectivity index is 0. The molecule has 0 unspecified atom stereocenters. The van der Waals surface area contributed by atoms with Crippen LogP contribution in [0.2, 0.25) is 0 Å². The quantitative estimate of drug-likeness (QED) is 0.262. The molecule has 0 heterocycles. The van der Waals surface area contributed by atoms with Gasteiger partial charge in [-0.1, -0.05) is 0 Å². The van der Waals surface area contributed by atoms with E-state index in [9.17, 15) is 0 Å². The van der Waals surface area contributed by atoms with Gasteiger partial charge in [0, 0.05) is 0 Å². The standard InChI is InChI=1S/5FH/h5*1H/p-5. The lowest BCUT2D eigenvalue weighted by Crippen LogP contribution is -3.00. The summed E-state index contributed by atoms with van der Waals surface area (Å²) in [6, 6.07) is 0. The molecule has 0 saturated carbocycles. The average Bonchev–Trinajstić information content (AvgIpc) is 0. The van der Waals surface area contributed by atoms with E-state index in [4.69, 9.17) is 0 Å². The second-order valence-corrected chi connectivity index (χ2v) is 0. The minimum atomic E-state index is 0. The summed E-state index contributed by atoms with van der Waals surface area (Å²) in [6.45, 7) is 0. The molecule has 0 aromatic heterocycles. The van der Waals surface area contributed by atoms with Crippen LogP contribution in [0.15, 0.2) is 0 Å². The molecular formula is F5-5. The molecule has 0 aliphatic carbocycles. The fourth-order valence-electron chi connectivity index (χ4n) is 0. The van der Waals surface area contributed by atoms with E-state index < -0.39 is 0 Å². The van der Waals surface area contributed by atoms with E-state index in [1.165, 1.54) is 0 Å². The van der Waals surface area contributed by atoms with Crippen molar-refractivity contribution in [3.05, 3.63) is 0 Å². The molecule has 0 spiro atoms. The monoisotopic (exact) mass is 95.0 g/mol. The number of hydrogen-bond donors (Lipinski definition) is 0. The molecule has 0 aromatic rings. The highest BCUT2D eigenvalue weighted by molar-refractivity contribution is 0.00400. The second kappa shape index (κ2) is 209. The molecular weight excluding hydrogens is 95.0 g/mol.